The Morgan fingerprint density at radius 2 is 2.36 bits per heavy atom. The summed E-state index contributed by atoms with van der Waals surface area (Å²) in [5.41, 5.74) is 0.758. The Labute approximate surface area is 80.8 Å². The summed E-state index contributed by atoms with van der Waals surface area (Å²) in [6, 6.07) is 1.81. The second-order valence-electron chi connectivity index (χ2n) is 2.59. The number of hydrogen-bond donors (Lipinski definition) is 0. The molecule has 0 aliphatic rings. The summed E-state index contributed by atoms with van der Waals surface area (Å²) in [4.78, 5) is 4.01. The van der Waals surface area contributed by atoms with Crippen molar-refractivity contribution in [3.05, 3.63) is 24.9 Å². The molecule has 2 rings (SSSR count). The molecule has 0 aliphatic carbocycles. The third kappa shape index (κ3) is 1.71. The van der Waals surface area contributed by atoms with Crippen molar-refractivity contribution in [2.75, 3.05) is 6.61 Å². The summed E-state index contributed by atoms with van der Waals surface area (Å²) < 4.78 is 10.3. The summed E-state index contributed by atoms with van der Waals surface area (Å²) in [6.07, 6.45) is 4.57. The van der Waals surface area contributed by atoms with Crippen LogP contribution in [-0.2, 0) is 0 Å². The predicted molar refractivity (Wildman–Crippen MR) is 48.7 cm³/mol. The lowest BCUT2D eigenvalue weighted by molar-refractivity contribution is 0.339. The van der Waals surface area contributed by atoms with Crippen molar-refractivity contribution < 1.29 is 9.15 Å². The molecule has 0 amide bonds. The average molecular weight is 191 g/mol. The van der Waals surface area contributed by atoms with E-state index in [1.54, 1.807) is 12.4 Å². The van der Waals surface area contributed by atoms with Crippen LogP contribution in [0, 0.1) is 0 Å². The lowest BCUT2D eigenvalue weighted by atomic mass is 10.3. The Hall–Kier alpha value is -1.91. The second kappa shape index (κ2) is 3.87. The molecule has 5 heteroatoms. The van der Waals surface area contributed by atoms with Gasteiger partial charge in [0, 0.05) is 6.20 Å². The van der Waals surface area contributed by atoms with Gasteiger partial charge in [0.2, 0.25) is 12.3 Å². The van der Waals surface area contributed by atoms with Crippen molar-refractivity contribution >= 4 is 0 Å². The molecule has 2 aromatic heterocycles. The fraction of sp³-hybridized carbons (Fsp3) is 0.222. The van der Waals surface area contributed by atoms with Crippen LogP contribution < -0.4 is 4.74 Å². The van der Waals surface area contributed by atoms with E-state index in [1.165, 1.54) is 6.39 Å². The van der Waals surface area contributed by atoms with Crippen LogP contribution in [-0.4, -0.2) is 21.8 Å². The maximum Gasteiger partial charge on any atom is 0.249 e. The topological polar surface area (TPSA) is 61.0 Å². The quantitative estimate of drug-likeness (QED) is 0.736. The van der Waals surface area contributed by atoms with Crippen LogP contribution in [0.4, 0.5) is 0 Å². The summed E-state index contributed by atoms with van der Waals surface area (Å²) in [5.74, 6) is 1.14. The first-order valence-corrected chi connectivity index (χ1v) is 4.24. The van der Waals surface area contributed by atoms with E-state index in [2.05, 4.69) is 15.2 Å². The highest BCUT2D eigenvalue weighted by atomic mass is 16.5. The van der Waals surface area contributed by atoms with Crippen molar-refractivity contribution in [3.8, 4) is 17.2 Å². The van der Waals surface area contributed by atoms with E-state index in [-0.39, 0.29) is 0 Å². The zero-order valence-electron chi connectivity index (χ0n) is 7.67. The van der Waals surface area contributed by atoms with Crippen LogP contribution >= 0.6 is 0 Å². The van der Waals surface area contributed by atoms with Crippen LogP contribution in [0.25, 0.3) is 11.5 Å². The summed E-state index contributed by atoms with van der Waals surface area (Å²) in [6.45, 7) is 2.52. The lowest BCUT2D eigenvalue weighted by Gasteiger charge is -2.02. The van der Waals surface area contributed by atoms with Crippen molar-refractivity contribution in [2.45, 2.75) is 6.92 Å². The van der Waals surface area contributed by atoms with Gasteiger partial charge in [0.15, 0.2) is 0 Å². The first-order valence-electron chi connectivity index (χ1n) is 4.24. The van der Waals surface area contributed by atoms with Gasteiger partial charge in [-0.3, -0.25) is 4.98 Å². The van der Waals surface area contributed by atoms with Gasteiger partial charge >= 0.3 is 0 Å². The zero-order valence-corrected chi connectivity index (χ0v) is 7.67. The molecule has 14 heavy (non-hydrogen) atoms. The summed E-state index contributed by atoms with van der Waals surface area (Å²) in [7, 11) is 0. The molecule has 0 atom stereocenters. The van der Waals surface area contributed by atoms with Crippen molar-refractivity contribution in [2.24, 2.45) is 0 Å². The Morgan fingerprint density at radius 3 is 3.07 bits per heavy atom. The van der Waals surface area contributed by atoms with Gasteiger partial charge in [-0.1, -0.05) is 0 Å². The Bertz CT molecular complexity index is 400. The fourth-order valence-corrected chi connectivity index (χ4v) is 1.08. The highest BCUT2D eigenvalue weighted by molar-refractivity contribution is 5.52. The monoisotopic (exact) mass is 191 g/mol. The van der Waals surface area contributed by atoms with Crippen LogP contribution in [0.15, 0.2) is 29.3 Å². The Balaban J connectivity index is 2.31. The van der Waals surface area contributed by atoms with Crippen LogP contribution in [0.3, 0.4) is 0 Å². The third-order valence-electron chi connectivity index (χ3n) is 1.63. The van der Waals surface area contributed by atoms with Gasteiger partial charge in [0.1, 0.15) is 5.75 Å². The van der Waals surface area contributed by atoms with Gasteiger partial charge in [0.25, 0.3) is 0 Å². The molecule has 0 saturated carbocycles. The Kier molecular flexibility index (Phi) is 2.40. The maximum absolute atomic E-state index is 5.29. The minimum Gasteiger partial charge on any atom is -0.492 e. The standard InChI is InChI=1S/C9H9N3O2/c1-2-13-8-3-7(4-10-5-8)9-12-11-6-14-9/h3-6H,2H2,1H3. The van der Waals surface area contributed by atoms with Gasteiger partial charge in [0.05, 0.1) is 18.4 Å². The highest BCUT2D eigenvalue weighted by Gasteiger charge is 2.04. The van der Waals surface area contributed by atoms with Crippen molar-refractivity contribution in [1.82, 2.24) is 15.2 Å². The van der Waals surface area contributed by atoms with Crippen LogP contribution in [0.1, 0.15) is 6.92 Å². The van der Waals surface area contributed by atoms with E-state index in [0.29, 0.717) is 18.2 Å². The SMILES string of the molecule is CCOc1cncc(-c2nnco2)c1. The minimum atomic E-state index is 0.444. The second-order valence-corrected chi connectivity index (χ2v) is 2.59. The third-order valence-corrected chi connectivity index (χ3v) is 1.63. The van der Waals surface area contributed by atoms with E-state index in [9.17, 15) is 0 Å². The van der Waals surface area contributed by atoms with Crippen LogP contribution in [0.5, 0.6) is 5.75 Å². The van der Waals surface area contributed by atoms with E-state index in [1.807, 2.05) is 13.0 Å². The molecule has 2 heterocycles. The molecule has 2 aromatic rings. The van der Waals surface area contributed by atoms with Crippen molar-refractivity contribution in [3.63, 3.8) is 0 Å². The number of nitrogens with zero attached hydrogens (tertiary/aromatic N) is 3. The first kappa shape index (κ1) is 8.68. The lowest BCUT2D eigenvalue weighted by Crippen LogP contribution is -1.92. The van der Waals surface area contributed by atoms with E-state index >= 15 is 0 Å². The molecule has 0 saturated heterocycles. The Morgan fingerprint density at radius 1 is 1.43 bits per heavy atom. The molecule has 0 unspecified atom stereocenters. The predicted octanol–water partition coefficient (Wildman–Crippen LogP) is 1.53. The van der Waals surface area contributed by atoms with Gasteiger partial charge < -0.3 is 9.15 Å². The van der Waals surface area contributed by atoms with E-state index < -0.39 is 0 Å². The number of aromatic nitrogens is 3. The number of hydrogen-bond acceptors (Lipinski definition) is 5. The highest BCUT2D eigenvalue weighted by Crippen LogP contribution is 2.19. The zero-order chi connectivity index (χ0) is 9.80. The normalized spacial score (nSPS) is 10.1. The van der Waals surface area contributed by atoms with Gasteiger partial charge in [-0.05, 0) is 13.0 Å². The van der Waals surface area contributed by atoms with E-state index in [0.717, 1.165) is 5.56 Å². The molecular weight excluding hydrogens is 182 g/mol. The van der Waals surface area contributed by atoms with Gasteiger partial charge in [-0.25, -0.2) is 0 Å². The molecule has 72 valence electrons. The smallest absolute Gasteiger partial charge is 0.249 e. The largest absolute Gasteiger partial charge is 0.492 e. The number of rotatable bonds is 3. The maximum atomic E-state index is 5.29. The average Bonchev–Trinajstić information content (AvgIpc) is 2.71. The van der Waals surface area contributed by atoms with Crippen LogP contribution in [0.2, 0.25) is 0 Å². The minimum absolute atomic E-state index is 0.444. The molecule has 0 aromatic carbocycles. The molecule has 0 bridgehead atoms. The molecule has 5 nitrogen and oxygen atoms in total. The van der Waals surface area contributed by atoms with Crippen molar-refractivity contribution in [1.29, 1.82) is 0 Å². The summed E-state index contributed by atoms with van der Waals surface area (Å²) >= 11 is 0. The molecule has 0 fully saturated rings. The number of pyridine rings is 1. The van der Waals surface area contributed by atoms with Gasteiger partial charge in [-0.15, -0.1) is 10.2 Å². The molecular formula is C9H9N3O2. The molecule has 0 aliphatic heterocycles. The molecule has 0 N–H and O–H groups in total. The number of ether oxygens (including phenoxy) is 1. The van der Waals surface area contributed by atoms with E-state index in [4.69, 9.17) is 9.15 Å². The first-order chi connectivity index (χ1) is 6.90. The molecule has 0 spiro atoms. The molecule has 0 radical (unpaired) electrons. The summed E-state index contributed by atoms with van der Waals surface area (Å²) in [5, 5.41) is 7.36. The van der Waals surface area contributed by atoms with Gasteiger partial charge in [-0.2, -0.15) is 0 Å². The fourth-order valence-electron chi connectivity index (χ4n) is 1.08.